The zero-order valence-electron chi connectivity index (χ0n) is 11.0. The molecular weight excluding hydrogens is 216 g/mol. The third kappa shape index (κ3) is 3.12. The number of amides is 1. The predicted octanol–water partition coefficient (Wildman–Crippen LogP) is 1.95. The number of rotatable bonds is 2. The topological polar surface area (TPSA) is 32.8 Å². The Kier molecular flexibility index (Phi) is 4.26. The minimum atomic E-state index is -0.146. The normalized spacial score (nSPS) is 30.6. The van der Waals surface area contributed by atoms with Crippen LogP contribution in [0.2, 0.25) is 0 Å². The van der Waals surface area contributed by atoms with E-state index < -0.39 is 0 Å². The SMILES string of the molecule is CCOC(=O)N1CCN([C@H]2CC[C@H](C)C2)CC1. The Balaban J connectivity index is 1.76. The van der Waals surface area contributed by atoms with Crippen LogP contribution in [0, 0.1) is 5.92 Å². The van der Waals surface area contributed by atoms with Gasteiger partial charge in [-0.05, 0) is 32.1 Å². The van der Waals surface area contributed by atoms with Crippen molar-refractivity contribution in [2.75, 3.05) is 32.8 Å². The Morgan fingerprint density at radius 2 is 1.94 bits per heavy atom. The molecule has 1 aliphatic carbocycles. The first kappa shape index (κ1) is 12.7. The van der Waals surface area contributed by atoms with Gasteiger partial charge in [0.1, 0.15) is 0 Å². The molecule has 2 rings (SSSR count). The van der Waals surface area contributed by atoms with Gasteiger partial charge in [-0.1, -0.05) is 6.92 Å². The smallest absolute Gasteiger partial charge is 0.409 e. The van der Waals surface area contributed by atoms with Crippen molar-refractivity contribution in [1.29, 1.82) is 0 Å². The van der Waals surface area contributed by atoms with Gasteiger partial charge in [-0.25, -0.2) is 4.79 Å². The fraction of sp³-hybridized carbons (Fsp3) is 0.923. The molecule has 98 valence electrons. The van der Waals surface area contributed by atoms with Gasteiger partial charge in [0.05, 0.1) is 6.61 Å². The third-order valence-electron chi connectivity index (χ3n) is 4.02. The highest BCUT2D eigenvalue weighted by Gasteiger charge is 2.30. The lowest BCUT2D eigenvalue weighted by Gasteiger charge is -2.37. The van der Waals surface area contributed by atoms with Gasteiger partial charge in [-0.2, -0.15) is 0 Å². The molecule has 1 saturated carbocycles. The number of nitrogens with zero attached hydrogens (tertiary/aromatic N) is 2. The summed E-state index contributed by atoms with van der Waals surface area (Å²) in [5, 5.41) is 0. The van der Waals surface area contributed by atoms with E-state index in [9.17, 15) is 4.79 Å². The van der Waals surface area contributed by atoms with E-state index in [0.29, 0.717) is 6.61 Å². The van der Waals surface area contributed by atoms with Gasteiger partial charge in [0.2, 0.25) is 0 Å². The average Bonchev–Trinajstić information content (AvgIpc) is 2.76. The van der Waals surface area contributed by atoms with Gasteiger partial charge < -0.3 is 9.64 Å². The molecule has 0 aromatic heterocycles. The Morgan fingerprint density at radius 1 is 1.24 bits per heavy atom. The van der Waals surface area contributed by atoms with Crippen LogP contribution in [0.15, 0.2) is 0 Å². The maximum absolute atomic E-state index is 11.6. The molecule has 2 atom stereocenters. The molecule has 0 N–H and O–H groups in total. The molecular formula is C13H24N2O2. The highest BCUT2D eigenvalue weighted by atomic mass is 16.6. The molecule has 0 bridgehead atoms. The number of piperazine rings is 1. The van der Waals surface area contributed by atoms with Crippen molar-refractivity contribution in [1.82, 2.24) is 9.80 Å². The van der Waals surface area contributed by atoms with Crippen molar-refractivity contribution in [3.63, 3.8) is 0 Å². The second-order valence-corrected chi connectivity index (χ2v) is 5.29. The highest BCUT2D eigenvalue weighted by molar-refractivity contribution is 5.67. The Bertz CT molecular complexity index is 262. The molecule has 0 aromatic carbocycles. The summed E-state index contributed by atoms with van der Waals surface area (Å²) >= 11 is 0. The fourth-order valence-electron chi connectivity index (χ4n) is 2.99. The summed E-state index contributed by atoms with van der Waals surface area (Å²) in [6.07, 6.45) is 3.88. The maximum Gasteiger partial charge on any atom is 0.409 e. The van der Waals surface area contributed by atoms with E-state index in [1.807, 2.05) is 11.8 Å². The molecule has 1 saturated heterocycles. The molecule has 0 unspecified atom stereocenters. The summed E-state index contributed by atoms with van der Waals surface area (Å²) in [5.41, 5.74) is 0. The lowest BCUT2D eigenvalue weighted by molar-refractivity contribution is 0.0663. The Morgan fingerprint density at radius 3 is 2.47 bits per heavy atom. The lowest BCUT2D eigenvalue weighted by atomic mass is 10.1. The highest BCUT2D eigenvalue weighted by Crippen LogP contribution is 2.29. The van der Waals surface area contributed by atoms with Crippen LogP contribution in [-0.4, -0.2) is 54.7 Å². The summed E-state index contributed by atoms with van der Waals surface area (Å²) in [6.45, 7) is 8.34. The number of hydrogen-bond acceptors (Lipinski definition) is 3. The molecule has 0 radical (unpaired) electrons. The number of carbonyl (C=O) groups excluding carboxylic acids is 1. The van der Waals surface area contributed by atoms with E-state index in [0.717, 1.165) is 38.1 Å². The van der Waals surface area contributed by atoms with E-state index in [1.165, 1.54) is 19.3 Å². The summed E-state index contributed by atoms with van der Waals surface area (Å²) in [4.78, 5) is 15.9. The maximum atomic E-state index is 11.6. The van der Waals surface area contributed by atoms with Crippen LogP contribution in [-0.2, 0) is 4.74 Å². The monoisotopic (exact) mass is 240 g/mol. The largest absolute Gasteiger partial charge is 0.450 e. The van der Waals surface area contributed by atoms with Crippen molar-refractivity contribution >= 4 is 6.09 Å². The van der Waals surface area contributed by atoms with E-state index in [2.05, 4.69) is 11.8 Å². The Labute approximate surface area is 104 Å². The first-order valence-corrected chi connectivity index (χ1v) is 6.86. The Hall–Kier alpha value is -0.770. The standard InChI is InChI=1S/C13H24N2O2/c1-3-17-13(16)15-8-6-14(7-9-15)12-5-4-11(2)10-12/h11-12H,3-10H2,1-2H3/t11-,12-/m0/s1. The average molecular weight is 240 g/mol. The van der Waals surface area contributed by atoms with Crippen LogP contribution in [0.1, 0.15) is 33.1 Å². The zero-order chi connectivity index (χ0) is 12.3. The third-order valence-corrected chi connectivity index (χ3v) is 4.02. The van der Waals surface area contributed by atoms with Crippen molar-refractivity contribution in [2.45, 2.75) is 39.2 Å². The first-order valence-electron chi connectivity index (χ1n) is 6.86. The summed E-state index contributed by atoms with van der Waals surface area (Å²) < 4.78 is 5.03. The molecule has 17 heavy (non-hydrogen) atoms. The van der Waals surface area contributed by atoms with E-state index in [1.54, 1.807) is 0 Å². The van der Waals surface area contributed by atoms with Crippen molar-refractivity contribution in [3.05, 3.63) is 0 Å². The van der Waals surface area contributed by atoms with E-state index in [4.69, 9.17) is 4.74 Å². The van der Waals surface area contributed by atoms with Gasteiger partial charge in [-0.15, -0.1) is 0 Å². The second kappa shape index (κ2) is 5.71. The van der Waals surface area contributed by atoms with Gasteiger partial charge in [0.15, 0.2) is 0 Å². The van der Waals surface area contributed by atoms with Crippen LogP contribution in [0.4, 0.5) is 4.79 Å². The van der Waals surface area contributed by atoms with Crippen LogP contribution in [0.25, 0.3) is 0 Å². The van der Waals surface area contributed by atoms with Gasteiger partial charge in [0.25, 0.3) is 0 Å². The molecule has 0 aromatic rings. The quantitative estimate of drug-likeness (QED) is 0.739. The van der Waals surface area contributed by atoms with Crippen LogP contribution in [0.3, 0.4) is 0 Å². The predicted molar refractivity (Wildman–Crippen MR) is 67.0 cm³/mol. The molecule has 2 aliphatic rings. The van der Waals surface area contributed by atoms with Crippen LogP contribution in [0.5, 0.6) is 0 Å². The minimum absolute atomic E-state index is 0.146. The van der Waals surface area contributed by atoms with Crippen LogP contribution >= 0.6 is 0 Å². The minimum Gasteiger partial charge on any atom is -0.450 e. The summed E-state index contributed by atoms with van der Waals surface area (Å²) in [6, 6.07) is 0.759. The fourth-order valence-corrected chi connectivity index (χ4v) is 2.99. The number of ether oxygens (including phenoxy) is 1. The molecule has 4 heteroatoms. The van der Waals surface area contributed by atoms with Crippen molar-refractivity contribution < 1.29 is 9.53 Å². The molecule has 1 amide bonds. The molecule has 0 spiro atoms. The van der Waals surface area contributed by atoms with E-state index in [-0.39, 0.29) is 6.09 Å². The van der Waals surface area contributed by atoms with Gasteiger partial charge >= 0.3 is 6.09 Å². The molecule has 4 nitrogen and oxygen atoms in total. The summed E-state index contributed by atoms with van der Waals surface area (Å²) in [7, 11) is 0. The van der Waals surface area contributed by atoms with E-state index >= 15 is 0 Å². The van der Waals surface area contributed by atoms with Gasteiger partial charge in [0, 0.05) is 32.2 Å². The second-order valence-electron chi connectivity index (χ2n) is 5.29. The number of hydrogen-bond donors (Lipinski definition) is 0. The number of carbonyl (C=O) groups is 1. The first-order chi connectivity index (χ1) is 8.20. The zero-order valence-corrected chi connectivity index (χ0v) is 11.0. The van der Waals surface area contributed by atoms with Crippen LogP contribution < -0.4 is 0 Å². The lowest BCUT2D eigenvalue weighted by Crippen LogP contribution is -2.51. The molecule has 1 aliphatic heterocycles. The van der Waals surface area contributed by atoms with Crippen molar-refractivity contribution in [3.8, 4) is 0 Å². The molecule has 1 heterocycles. The molecule has 2 fully saturated rings. The van der Waals surface area contributed by atoms with Gasteiger partial charge in [-0.3, -0.25) is 4.90 Å². The van der Waals surface area contributed by atoms with Crippen molar-refractivity contribution in [2.24, 2.45) is 5.92 Å². The summed E-state index contributed by atoms with van der Waals surface area (Å²) in [5.74, 6) is 0.878.